The van der Waals surface area contributed by atoms with Gasteiger partial charge in [-0.05, 0) is 10.3 Å². The molecule has 40 valence electrons. The topological polar surface area (TPSA) is 0 Å². The highest BCUT2D eigenvalue weighted by atomic mass is 32.2. The minimum absolute atomic E-state index is 0.639. The molecule has 0 fully saturated rings. The number of fused-ring (bicyclic) bond motifs is 1. The van der Waals surface area contributed by atoms with Crippen molar-refractivity contribution in [3.8, 4) is 0 Å². The summed E-state index contributed by atoms with van der Waals surface area (Å²) in [6.45, 7) is 0. The van der Waals surface area contributed by atoms with E-state index in [2.05, 4.69) is 29.7 Å². The fraction of sp³-hybridized carbons (Fsp3) is 0.143. The van der Waals surface area contributed by atoms with Gasteiger partial charge >= 0.3 is 0 Å². The lowest BCUT2D eigenvalue weighted by molar-refractivity contribution is 1.09. The van der Waals surface area contributed by atoms with E-state index in [-0.39, 0.29) is 0 Å². The minimum Gasteiger partial charge on any atom is -0.102 e. The molecule has 1 heteroatoms. The molecule has 0 bridgehead atoms. The summed E-state index contributed by atoms with van der Waals surface area (Å²) in [5.41, 5.74) is 0. The van der Waals surface area contributed by atoms with Crippen LogP contribution in [0.1, 0.15) is 0 Å². The lowest BCUT2D eigenvalue weighted by Gasteiger charge is -1.94. The van der Waals surface area contributed by atoms with Crippen LogP contribution in [-0.4, -0.2) is 0 Å². The van der Waals surface area contributed by atoms with Crippen molar-refractivity contribution < 1.29 is 0 Å². The molecular weight excluding hydrogens is 116 g/mol. The van der Waals surface area contributed by atoms with Gasteiger partial charge in [-0.25, -0.2) is 0 Å². The molecule has 0 saturated carbocycles. The Morgan fingerprint density at radius 2 is 2.38 bits per heavy atom. The zero-order valence-electron chi connectivity index (χ0n) is 4.37. The molecule has 1 aliphatic carbocycles. The van der Waals surface area contributed by atoms with Crippen molar-refractivity contribution in [2.24, 2.45) is 5.92 Å². The SMILES string of the molecule is C1=CC2C=CSC2=C1. The zero-order chi connectivity index (χ0) is 5.40. The average molecular weight is 122 g/mol. The van der Waals surface area contributed by atoms with Crippen LogP contribution in [-0.2, 0) is 0 Å². The summed E-state index contributed by atoms with van der Waals surface area (Å²) in [6, 6.07) is 0. The monoisotopic (exact) mass is 122 g/mol. The van der Waals surface area contributed by atoms with Gasteiger partial charge in [-0.1, -0.05) is 24.3 Å². The van der Waals surface area contributed by atoms with Gasteiger partial charge in [0.1, 0.15) is 0 Å². The van der Waals surface area contributed by atoms with Crippen molar-refractivity contribution in [1.29, 1.82) is 0 Å². The van der Waals surface area contributed by atoms with Crippen molar-refractivity contribution in [2.45, 2.75) is 0 Å². The van der Waals surface area contributed by atoms with Gasteiger partial charge in [-0.3, -0.25) is 0 Å². The molecule has 0 spiro atoms. The van der Waals surface area contributed by atoms with Crippen molar-refractivity contribution in [3.63, 3.8) is 0 Å². The Hall–Kier alpha value is -0.430. The normalized spacial score (nSPS) is 31.0. The maximum atomic E-state index is 2.22. The fourth-order valence-corrected chi connectivity index (χ4v) is 1.83. The minimum atomic E-state index is 0.639. The Bertz CT molecular complexity index is 187. The molecule has 0 nitrogen and oxygen atoms in total. The number of allylic oxidation sites excluding steroid dienone is 5. The summed E-state index contributed by atoms with van der Waals surface area (Å²) in [7, 11) is 0. The van der Waals surface area contributed by atoms with Crippen LogP contribution < -0.4 is 0 Å². The van der Waals surface area contributed by atoms with E-state index in [1.165, 1.54) is 4.91 Å². The first kappa shape index (κ1) is 4.45. The molecule has 1 heterocycles. The fourth-order valence-electron chi connectivity index (χ4n) is 0.955. The molecule has 0 saturated heterocycles. The summed E-state index contributed by atoms with van der Waals surface area (Å²) < 4.78 is 0. The number of hydrogen-bond acceptors (Lipinski definition) is 1. The molecular formula is C7H6S. The van der Waals surface area contributed by atoms with E-state index in [4.69, 9.17) is 0 Å². The standard InChI is InChI=1S/C7H6S/c1-2-6-4-5-8-7(6)3-1/h1-6H. The summed E-state index contributed by atoms with van der Waals surface area (Å²) >= 11 is 1.83. The first-order valence-electron chi connectivity index (χ1n) is 2.68. The molecule has 0 aromatic heterocycles. The van der Waals surface area contributed by atoms with E-state index in [0.717, 1.165) is 0 Å². The van der Waals surface area contributed by atoms with E-state index in [1.54, 1.807) is 0 Å². The van der Waals surface area contributed by atoms with E-state index in [9.17, 15) is 0 Å². The van der Waals surface area contributed by atoms with Gasteiger partial charge in [0.2, 0.25) is 0 Å². The van der Waals surface area contributed by atoms with Gasteiger partial charge in [0.05, 0.1) is 0 Å². The molecule has 1 aliphatic heterocycles. The quantitative estimate of drug-likeness (QED) is 0.475. The van der Waals surface area contributed by atoms with Gasteiger partial charge in [0.25, 0.3) is 0 Å². The zero-order valence-corrected chi connectivity index (χ0v) is 5.19. The van der Waals surface area contributed by atoms with Crippen LogP contribution in [0.4, 0.5) is 0 Å². The van der Waals surface area contributed by atoms with Gasteiger partial charge < -0.3 is 0 Å². The lowest BCUT2D eigenvalue weighted by Crippen LogP contribution is -1.80. The highest BCUT2D eigenvalue weighted by Crippen LogP contribution is 2.37. The van der Waals surface area contributed by atoms with Gasteiger partial charge in [-0.2, -0.15) is 0 Å². The molecule has 0 N–H and O–H groups in total. The Morgan fingerprint density at radius 1 is 1.38 bits per heavy atom. The second kappa shape index (κ2) is 1.52. The van der Waals surface area contributed by atoms with Gasteiger partial charge in [0.15, 0.2) is 0 Å². The van der Waals surface area contributed by atoms with Gasteiger partial charge in [-0.15, -0.1) is 11.8 Å². The summed E-state index contributed by atoms with van der Waals surface area (Å²) in [4.78, 5) is 1.48. The molecule has 1 unspecified atom stereocenters. The molecule has 0 amide bonds. The highest BCUT2D eigenvalue weighted by molar-refractivity contribution is 8.06. The predicted molar refractivity (Wildman–Crippen MR) is 37.4 cm³/mol. The van der Waals surface area contributed by atoms with Crippen molar-refractivity contribution in [3.05, 3.63) is 34.6 Å². The largest absolute Gasteiger partial charge is 0.102 e. The second-order valence-corrected chi connectivity index (χ2v) is 2.91. The smallest absolute Gasteiger partial charge is 0.0273 e. The number of hydrogen-bond donors (Lipinski definition) is 0. The molecule has 8 heavy (non-hydrogen) atoms. The maximum absolute atomic E-state index is 2.22. The van der Waals surface area contributed by atoms with Crippen molar-refractivity contribution in [1.82, 2.24) is 0 Å². The molecule has 0 aromatic rings. The first-order chi connectivity index (χ1) is 3.97. The van der Waals surface area contributed by atoms with Crippen LogP contribution in [0.2, 0.25) is 0 Å². The molecule has 2 rings (SSSR count). The highest BCUT2D eigenvalue weighted by Gasteiger charge is 2.14. The summed E-state index contributed by atoms with van der Waals surface area (Å²) in [6.07, 6.45) is 8.73. The van der Waals surface area contributed by atoms with E-state index in [0.29, 0.717) is 5.92 Å². The number of rotatable bonds is 0. The summed E-state index contributed by atoms with van der Waals surface area (Å²) in [5, 5.41) is 2.15. The summed E-state index contributed by atoms with van der Waals surface area (Å²) in [5.74, 6) is 0.639. The second-order valence-electron chi connectivity index (χ2n) is 1.93. The van der Waals surface area contributed by atoms with Gasteiger partial charge in [0, 0.05) is 5.92 Å². The Labute approximate surface area is 53.0 Å². The molecule has 1 atom stereocenters. The first-order valence-corrected chi connectivity index (χ1v) is 3.56. The van der Waals surface area contributed by atoms with Crippen LogP contribution in [0.15, 0.2) is 34.6 Å². The van der Waals surface area contributed by atoms with Crippen LogP contribution in [0, 0.1) is 5.92 Å². The average Bonchev–Trinajstić information content (AvgIpc) is 2.15. The van der Waals surface area contributed by atoms with Crippen LogP contribution in [0.5, 0.6) is 0 Å². The molecule has 0 radical (unpaired) electrons. The van der Waals surface area contributed by atoms with Crippen molar-refractivity contribution in [2.75, 3.05) is 0 Å². The Balaban J connectivity index is 2.39. The number of thioether (sulfide) groups is 1. The lowest BCUT2D eigenvalue weighted by atomic mass is 10.2. The Kier molecular flexibility index (Phi) is 0.847. The Morgan fingerprint density at radius 3 is 3.25 bits per heavy atom. The predicted octanol–water partition coefficient (Wildman–Crippen LogP) is 2.32. The third-order valence-electron chi connectivity index (χ3n) is 1.40. The van der Waals surface area contributed by atoms with Crippen molar-refractivity contribution >= 4 is 11.8 Å². The molecule has 0 aromatic carbocycles. The van der Waals surface area contributed by atoms with Crippen LogP contribution in [0.25, 0.3) is 0 Å². The molecule has 2 aliphatic rings. The maximum Gasteiger partial charge on any atom is 0.0273 e. The van der Waals surface area contributed by atoms with E-state index in [1.807, 2.05) is 11.8 Å². The van der Waals surface area contributed by atoms with E-state index < -0.39 is 0 Å². The third-order valence-corrected chi connectivity index (χ3v) is 2.37. The van der Waals surface area contributed by atoms with Crippen LogP contribution in [0.3, 0.4) is 0 Å². The van der Waals surface area contributed by atoms with E-state index >= 15 is 0 Å². The van der Waals surface area contributed by atoms with Crippen LogP contribution >= 0.6 is 11.8 Å². The third kappa shape index (κ3) is 0.480.